The predicted molar refractivity (Wildman–Crippen MR) is 86.6 cm³/mol. The molecule has 1 unspecified atom stereocenters. The van der Waals surface area contributed by atoms with E-state index in [1.807, 2.05) is 12.1 Å². The minimum absolute atomic E-state index is 0.158. The van der Waals surface area contributed by atoms with Gasteiger partial charge in [0.1, 0.15) is 0 Å². The maximum Gasteiger partial charge on any atom is 0.170 e. The molecular formula is C17H27N3O. The average molecular weight is 289 g/mol. The molecule has 0 bridgehead atoms. The summed E-state index contributed by atoms with van der Waals surface area (Å²) in [6.07, 6.45) is 5.22. The maximum atomic E-state index is 8.73. The fourth-order valence-electron chi connectivity index (χ4n) is 3.22. The van der Waals surface area contributed by atoms with Crippen LogP contribution >= 0.6 is 0 Å². The lowest BCUT2D eigenvalue weighted by Crippen LogP contribution is -2.43. The first-order valence-electron chi connectivity index (χ1n) is 7.75. The summed E-state index contributed by atoms with van der Waals surface area (Å²) < 4.78 is 0. The van der Waals surface area contributed by atoms with Gasteiger partial charge in [0.25, 0.3) is 0 Å². The average Bonchev–Trinajstić information content (AvgIpc) is 2.46. The molecule has 116 valence electrons. The van der Waals surface area contributed by atoms with Crippen LogP contribution in [-0.4, -0.2) is 17.1 Å². The van der Waals surface area contributed by atoms with E-state index >= 15 is 0 Å². The number of benzene rings is 1. The molecule has 1 atom stereocenters. The zero-order valence-corrected chi connectivity index (χ0v) is 13.3. The van der Waals surface area contributed by atoms with Crippen molar-refractivity contribution in [2.45, 2.75) is 59.0 Å². The van der Waals surface area contributed by atoms with Crippen molar-refractivity contribution in [2.75, 3.05) is 0 Å². The van der Waals surface area contributed by atoms with Crippen LogP contribution in [0.15, 0.2) is 23.4 Å². The molecule has 1 aliphatic rings. The van der Waals surface area contributed by atoms with E-state index in [1.54, 1.807) is 0 Å². The Labute approximate surface area is 127 Å². The van der Waals surface area contributed by atoms with Gasteiger partial charge in [-0.2, -0.15) is 0 Å². The topological polar surface area (TPSA) is 70.6 Å². The molecule has 0 radical (unpaired) electrons. The van der Waals surface area contributed by atoms with Crippen molar-refractivity contribution in [3.8, 4) is 0 Å². The fraction of sp³-hybridized carbons (Fsp3) is 0.588. The zero-order valence-electron chi connectivity index (χ0n) is 13.3. The van der Waals surface area contributed by atoms with E-state index in [0.29, 0.717) is 11.5 Å². The first-order valence-corrected chi connectivity index (χ1v) is 7.75. The SMILES string of the molecule is Cc1cc(/C(N)=N/O)ccc1CNC1CCCCC1(C)C. The van der Waals surface area contributed by atoms with Crippen LogP contribution in [0.4, 0.5) is 0 Å². The van der Waals surface area contributed by atoms with Crippen LogP contribution < -0.4 is 11.1 Å². The Balaban J connectivity index is 2.03. The van der Waals surface area contributed by atoms with Crippen molar-refractivity contribution in [2.24, 2.45) is 16.3 Å². The number of oxime groups is 1. The van der Waals surface area contributed by atoms with E-state index in [2.05, 4.69) is 37.3 Å². The molecule has 4 N–H and O–H groups in total. The van der Waals surface area contributed by atoms with Crippen LogP contribution in [0.5, 0.6) is 0 Å². The summed E-state index contributed by atoms with van der Waals surface area (Å²) in [5.41, 5.74) is 9.20. The number of nitrogens with zero attached hydrogens (tertiary/aromatic N) is 1. The first kappa shape index (κ1) is 15.8. The molecular weight excluding hydrogens is 262 g/mol. The summed E-state index contributed by atoms with van der Waals surface area (Å²) >= 11 is 0. The third-order valence-electron chi connectivity index (χ3n) is 4.79. The third kappa shape index (κ3) is 3.76. The molecule has 0 heterocycles. The highest BCUT2D eigenvalue weighted by molar-refractivity contribution is 5.97. The van der Waals surface area contributed by atoms with E-state index in [0.717, 1.165) is 12.1 Å². The van der Waals surface area contributed by atoms with Crippen molar-refractivity contribution in [3.05, 3.63) is 34.9 Å². The molecule has 0 aromatic heterocycles. The second-order valence-electron chi connectivity index (χ2n) is 6.79. The van der Waals surface area contributed by atoms with Gasteiger partial charge in [-0.25, -0.2) is 0 Å². The van der Waals surface area contributed by atoms with Gasteiger partial charge in [-0.05, 0) is 42.4 Å². The maximum absolute atomic E-state index is 8.73. The normalized spacial score (nSPS) is 22.2. The van der Waals surface area contributed by atoms with Crippen molar-refractivity contribution in [1.82, 2.24) is 5.32 Å². The predicted octanol–water partition coefficient (Wildman–Crippen LogP) is 3.15. The lowest BCUT2D eigenvalue weighted by atomic mass is 9.73. The molecule has 1 aromatic carbocycles. The quantitative estimate of drug-likeness (QED) is 0.345. The van der Waals surface area contributed by atoms with Crippen LogP contribution in [0.25, 0.3) is 0 Å². The summed E-state index contributed by atoms with van der Waals surface area (Å²) in [6, 6.07) is 6.52. The van der Waals surface area contributed by atoms with Crippen LogP contribution in [0.1, 0.15) is 56.2 Å². The Morgan fingerprint density at radius 3 is 2.81 bits per heavy atom. The minimum atomic E-state index is 0.158. The number of nitrogens with two attached hydrogens (primary N) is 1. The molecule has 1 aliphatic carbocycles. The van der Waals surface area contributed by atoms with Crippen molar-refractivity contribution < 1.29 is 5.21 Å². The lowest BCUT2D eigenvalue weighted by Gasteiger charge is -2.39. The summed E-state index contributed by atoms with van der Waals surface area (Å²) in [5.74, 6) is 0.158. The molecule has 0 amide bonds. The van der Waals surface area contributed by atoms with Crippen molar-refractivity contribution in [3.63, 3.8) is 0 Å². The molecule has 1 fully saturated rings. The smallest absolute Gasteiger partial charge is 0.170 e. The molecule has 1 aromatic rings. The molecule has 0 aliphatic heterocycles. The van der Waals surface area contributed by atoms with Gasteiger partial charge < -0.3 is 16.3 Å². The number of hydrogen-bond donors (Lipinski definition) is 3. The Bertz CT molecular complexity index is 523. The van der Waals surface area contributed by atoms with Crippen molar-refractivity contribution in [1.29, 1.82) is 0 Å². The molecule has 2 rings (SSSR count). The molecule has 0 spiro atoms. The third-order valence-corrected chi connectivity index (χ3v) is 4.79. The highest BCUT2D eigenvalue weighted by Crippen LogP contribution is 2.35. The summed E-state index contributed by atoms with van der Waals surface area (Å²) in [4.78, 5) is 0. The van der Waals surface area contributed by atoms with Gasteiger partial charge in [0.15, 0.2) is 5.84 Å². The molecule has 21 heavy (non-hydrogen) atoms. The van der Waals surface area contributed by atoms with E-state index < -0.39 is 0 Å². The Morgan fingerprint density at radius 2 is 2.19 bits per heavy atom. The van der Waals surface area contributed by atoms with E-state index in [-0.39, 0.29) is 5.84 Å². The zero-order chi connectivity index (χ0) is 15.5. The molecule has 0 saturated heterocycles. The van der Waals surface area contributed by atoms with Crippen LogP contribution in [0, 0.1) is 12.3 Å². The van der Waals surface area contributed by atoms with Gasteiger partial charge in [-0.1, -0.05) is 44.0 Å². The van der Waals surface area contributed by atoms with E-state index in [1.165, 1.54) is 36.8 Å². The molecule has 1 saturated carbocycles. The van der Waals surface area contributed by atoms with Gasteiger partial charge in [-0.3, -0.25) is 0 Å². The monoisotopic (exact) mass is 289 g/mol. The summed E-state index contributed by atoms with van der Waals surface area (Å²) in [5, 5.41) is 15.5. The lowest BCUT2D eigenvalue weighted by molar-refractivity contribution is 0.166. The Morgan fingerprint density at radius 1 is 1.43 bits per heavy atom. The summed E-state index contributed by atoms with van der Waals surface area (Å²) in [6.45, 7) is 7.66. The number of rotatable bonds is 4. The highest BCUT2D eigenvalue weighted by atomic mass is 16.4. The van der Waals surface area contributed by atoms with Gasteiger partial charge in [-0.15, -0.1) is 0 Å². The van der Waals surface area contributed by atoms with Crippen LogP contribution in [-0.2, 0) is 6.54 Å². The highest BCUT2D eigenvalue weighted by Gasteiger charge is 2.31. The van der Waals surface area contributed by atoms with Gasteiger partial charge in [0.05, 0.1) is 0 Å². The van der Waals surface area contributed by atoms with Gasteiger partial charge >= 0.3 is 0 Å². The number of amidine groups is 1. The standard InChI is InChI=1S/C17H27N3O/c1-12-10-13(16(18)20-21)7-8-14(12)11-19-15-6-4-5-9-17(15,2)3/h7-8,10,15,19,21H,4-6,9,11H2,1-3H3,(H2,18,20). The second-order valence-corrected chi connectivity index (χ2v) is 6.79. The second kappa shape index (κ2) is 6.48. The van der Waals surface area contributed by atoms with Crippen LogP contribution in [0.3, 0.4) is 0 Å². The Kier molecular flexibility index (Phi) is 4.88. The van der Waals surface area contributed by atoms with Gasteiger partial charge in [0, 0.05) is 18.2 Å². The number of hydrogen-bond acceptors (Lipinski definition) is 3. The Hall–Kier alpha value is -1.55. The fourth-order valence-corrected chi connectivity index (χ4v) is 3.22. The molecule has 4 nitrogen and oxygen atoms in total. The first-order chi connectivity index (χ1) is 9.94. The number of aryl methyl sites for hydroxylation is 1. The van der Waals surface area contributed by atoms with E-state index in [4.69, 9.17) is 10.9 Å². The van der Waals surface area contributed by atoms with Crippen molar-refractivity contribution >= 4 is 5.84 Å². The molecule has 4 heteroatoms. The van der Waals surface area contributed by atoms with E-state index in [9.17, 15) is 0 Å². The summed E-state index contributed by atoms with van der Waals surface area (Å²) in [7, 11) is 0. The largest absolute Gasteiger partial charge is 0.409 e. The van der Waals surface area contributed by atoms with Crippen LogP contribution in [0.2, 0.25) is 0 Å². The number of nitrogens with one attached hydrogen (secondary N) is 1. The van der Waals surface area contributed by atoms with Gasteiger partial charge in [0.2, 0.25) is 0 Å². The minimum Gasteiger partial charge on any atom is -0.409 e.